The molecule has 0 spiro atoms. The molecule has 260 valence electrons. The zero-order valence-corrected chi connectivity index (χ0v) is 27.9. The summed E-state index contributed by atoms with van der Waals surface area (Å²) in [4.78, 5) is 29.3. The molecule has 2 aromatic heterocycles. The number of fused-ring (bicyclic) bond motifs is 1. The van der Waals surface area contributed by atoms with E-state index in [2.05, 4.69) is 27.6 Å². The number of rotatable bonds is 19. The van der Waals surface area contributed by atoms with Crippen LogP contribution in [0.4, 0.5) is 5.82 Å². The van der Waals surface area contributed by atoms with E-state index in [1.807, 2.05) is 6.07 Å². The second-order valence-electron chi connectivity index (χ2n) is 12.9. The van der Waals surface area contributed by atoms with Gasteiger partial charge in [0.25, 0.3) is 0 Å². The highest BCUT2D eigenvalue weighted by Gasteiger charge is 2.56. The van der Waals surface area contributed by atoms with E-state index in [1.165, 1.54) is 49.4 Å². The monoisotopic (exact) mass is 656 g/mol. The van der Waals surface area contributed by atoms with Gasteiger partial charge in [-0.2, -0.15) is 10.4 Å². The number of carbonyl (C=O) groups excluding carboxylic acids is 2. The van der Waals surface area contributed by atoms with E-state index in [0.717, 1.165) is 51.4 Å². The predicted octanol–water partition coefficient (Wildman–Crippen LogP) is 4.47. The van der Waals surface area contributed by atoms with Crippen molar-refractivity contribution in [3.05, 3.63) is 24.2 Å². The molecule has 4 rings (SSSR count). The summed E-state index contributed by atoms with van der Waals surface area (Å²) < 4.78 is 18.6. The number of aliphatic hydroxyl groups excluding tert-OH is 2. The van der Waals surface area contributed by atoms with Crippen molar-refractivity contribution in [1.29, 1.82) is 5.26 Å². The topological polar surface area (TPSA) is 180 Å². The molecule has 5 atom stereocenters. The number of nitrogens with one attached hydrogen (secondary N) is 2. The summed E-state index contributed by atoms with van der Waals surface area (Å²) in [7, 11) is 0. The summed E-state index contributed by atoms with van der Waals surface area (Å²) in [6.07, 6.45) is 12.9. The minimum absolute atomic E-state index is 0.0592. The number of aromatic nitrogens is 3. The Morgan fingerprint density at radius 2 is 1.81 bits per heavy atom. The number of nitrogens with zero attached hydrogens (tertiary/aromatic N) is 4. The van der Waals surface area contributed by atoms with Crippen LogP contribution < -0.4 is 10.6 Å². The van der Waals surface area contributed by atoms with Crippen LogP contribution in [0.1, 0.15) is 122 Å². The standard InChI is InChI=1S/C34H52N6O7/c1-3-4-5-6-7-8-9-10-14-17-28(41)39-32-27-19-18-26(40(27)38-22-36-32)30-29(42)31(43)34(20-35,47-30)21-45-23-37-24(2)33(44)46-25-15-12-11-13-16-25/h18-19,22,24-25,29-31,37,42-43H,3-17,21,23H2,1-2H3,(H,36,38,39,41)/t24-,29-,30-,31-,34+/m0/s1. The number of anilines is 1. The molecular weight excluding hydrogens is 604 g/mol. The van der Waals surface area contributed by atoms with E-state index in [-0.39, 0.29) is 31.3 Å². The van der Waals surface area contributed by atoms with Crippen molar-refractivity contribution in [1.82, 2.24) is 19.9 Å². The molecule has 47 heavy (non-hydrogen) atoms. The minimum Gasteiger partial charge on any atom is -0.461 e. The highest BCUT2D eigenvalue weighted by atomic mass is 16.6. The molecule has 2 fully saturated rings. The first-order valence-electron chi connectivity index (χ1n) is 17.4. The third-order valence-corrected chi connectivity index (χ3v) is 9.17. The van der Waals surface area contributed by atoms with Gasteiger partial charge in [0.1, 0.15) is 48.4 Å². The van der Waals surface area contributed by atoms with Crippen molar-refractivity contribution in [2.75, 3.05) is 18.7 Å². The molecule has 13 nitrogen and oxygen atoms in total. The molecule has 0 bridgehead atoms. The molecule has 1 amide bonds. The lowest BCUT2D eigenvalue weighted by Crippen LogP contribution is -2.47. The smallest absolute Gasteiger partial charge is 0.323 e. The van der Waals surface area contributed by atoms with Crippen molar-refractivity contribution in [2.24, 2.45) is 0 Å². The molecule has 0 aromatic carbocycles. The van der Waals surface area contributed by atoms with Crippen LogP contribution in [-0.2, 0) is 23.8 Å². The maximum absolute atomic E-state index is 12.7. The lowest BCUT2D eigenvalue weighted by molar-refractivity contribution is -0.153. The number of aliphatic hydroxyl groups is 2. The van der Waals surface area contributed by atoms with Crippen LogP contribution in [0.15, 0.2) is 18.5 Å². The molecule has 1 saturated heterocycles. The number of amides is 1. The van der Waals surface area contributed by atoms with Crippen LogP contribution >= 0.6 is 0 Å². The van der Waals surface area contributed by atoms with Gasteiger partial charge in [0.2, 0.25) is 11.5 Å². The Morgan fingerprint density at radius 3 is 2.51 bits per heavy atom. The molecule has 3 heterocycles. The van der Waals surface area contributed by atoms with Gasteiger partial charge in [-0.15, -0.1) is 0 Å². The predicted molar refractivity (Wildman–Crippen MR) is 174 cm³/mol. The fraction of sp³-hybridized carbons (Fsp3) is 0.735. The van der Waals surface area contributed by atoms with Gasteiger partial charge >= 0.3 is 5.97 Å². The van der Waals surface area contributed by atoms with Crippen molar-refractivity contribution in [3.63, 3.8) is 0 Å². The number of nitriles is 1. The maximum Gasteiger partial charge on any atom is 0.323 e. The Hall–Kier alpha value is -3.15. The molecule has 2 aliphatic rings. The molecule has 13 heteroatoms. The Bertz CT molecular complexity index is 1330. The SMILES string of the molecule is CCCCCCCCCCCC(=O)Nc1ncnn2c([C@@H]3O[C@](C#N)(COCN[C@@H](C)C(=O)OC4CCCCC4)[C@@H](O)[C@H]3O)ccc12. The first-order valence-corrected chi connectivity index (χ1v) is 17.4. The number of hydrogen-bond acceptors (Lipinski definition) is 11. The molecule has 1 saturated carbocycles. The summed E-state index contributed by atoms with van der Waals surface area (Å²) in [5.74, 6) is -0.198. The van der Waals surface area contributed by atoms with Gasteiger partial charge in [0, 0.05) is 6.42 Å². The van der Waals surface area contributed by atoms with Gasteiger partial charge in [-0.1, -0.05) is 64.7 Å². The largest absolute Gasteiger partial charge is 0.461 e. The molecule has 1 aliphatic heterocycles. The number of ether oxygens (including phenoxy) is 3. The summed E-state index contributed by atoms with van der Waals surface area (Å²) in [5.41, 5.74) is -1.02. The zero-order valence-electron chi connectivity index (χ0n) is 27.9. The van der Waals surface area contributed by atoms with E-state index in [4.69, 9.17) is 14.2 Å². The molecule has 2 aromatic rings. The van der Waals surface area contributed by atoms with Crippen molar-refractivity contribution >= 4 is 23.2 Å². The van der Waals surface area contributed by atoms with Crippen LogP contribution in [0.2, 0.25) is 0 Å². The van der Waals surface area contributed by atoms with Gasteiger partial charge < -0.3 is 29.7 Å². The Balaban J connectivity index is 1.27. The first kappa shape index (κ1) is 36.7. The molecule has 0 radical (unpaired) electrons. The highest BCUT2D eigenvalue weighted by Crippen LogP contribution is 2.41. The second kappa shape index (κ2) is 18.4. The number of esters is 1. The van der Waals surface area contributed by atoms with Crippen molar-refractivity contribution in [2.45, 2.75) is 146 Å². The minimum atomic E-state index is -1.87. The Morgan fingerprint density at radius 1 is 1.11 bits per heavy atom. The third-order valence-electron chi connectivity index (χ3n) is 9.17. The average Bonchev–Trinajstić information content (AvgIpc) is 3.62. The van der Waals surface area contributed by atoms with Crippen molar-refractivity contribution < 1.29 is 34.0 Å². The lowest BCUT2D eigenvalue weighted by atomic mass is 9.96. The van der Waals surface area contributed by atoms with E-state index in [9.17, 15) is 25.1 Å². The zero-order chi connectivity index (χ0) is 33.6. The molecular formula is C34H52N6O7. The second-order valence-corrected chi connectivity index (χ2v) is 12.9. The molecule has 1 aliphatic carbocycles. The quantitative estimate of drug-likeness (QED) is 0.0952. The fourth-order valence-corrected chi connectivity index (χ4v) is 6.26. The van der Waals surface area contributed by atoms with Crippen LogP contribution in [0.3, 0.4) is 0 Å². The number of unbranched alkanes of at least 4 members (excludes halogenated alkanes) is 8. The maximum atomic E-state index is 12.7. The fourth-order valence-electron chi connectivity index (χ4n) is 6.26. The van der Waals surface area contributed by atoms with E-state index in [1.54, 1.807) is 19.1 Å². The van der Waals surface area contributed by atoms with Gasteiger partial charge in [0.15, 0.2) is 5.82 Å². The van der Waals surface area contributed by atoms with E-state index >= 15 is 0 Å². The molecule has 4 N–H and O–H groups in total. The third kappa shape index (κ3) is 9.93. The normalized spacial score (nSPS) is 23.9. The Kier molecular flexibility index (Phi) is 14.4. The molecule has 0 unspecified atom stereocenters. The van der Waals surface area contributed by atoms with Gasteiger partial charge in [0.05, 0.1) is 19.0 Å². The lowest BCUT2D eigenvalue weighted by Gasteiger charge is -2.25. The van der Waals surface area contributed by atoms with Gasteiger partial charge in [-0.05, 0) is 51.2 Å². The average molecular weight is 657 g/mol. The first-order chi connectivity index (χ1) is 22.8. The van der Waals surface area contributed by atoms with Crippen LogP contribution in [-0.4, -0.2) is 80.0 Å². The van der Waals surface area contributed by atoms with Crippen molar-refractivity contribution in [3.8, 4) is 6.07 Å². The highest BCUT2D eigenvalue weighted by molar-refractivity contribution is 5.93. The van der Waals surface area contributed by atoms with Gasteiger partial charge in [-0.3, -0.25) is 14.9 Å². The summed E-state index contributed by atoms with van der Waals surface area (Å²) in [5, 5.41) is 42.0. The Labute approximate surface area is 277 Å². The van der Waals surface area contributed by atoms with Crippen LogP contribution in [0.25, 0.3) is 5.52 Å². The summed E-state index contributed by atoms with van der Waals surface area (Å²) >= 11 is 0. The van der Waals surface area contributed by atoms with Crippen LogP contribution in [0, 0.1) is 11.3 Å². The number of hydrogen-bond donors (Lipinski definition) is 4. The summed E-state index contributed by atoms with van der Waals surface area (Å²) in [6.45, 7) is 3.41. The number of carbonyl (C=O) groups is 2. The summed E-state index contributed by atoms with van der Waals surface area (Å²) in [6, 6.07) is 4.67. The van der Waals surface area contributed by atoms with E-state index in [0.29, 0.717) is 23.4 Å². The van der Waals surface area contributed by atoms with Crippen LogP contribution in [0.5, 0.6) is 0 Å². The van der Waals surface area contributed by atoms with E-state index < -0.39 is 30.0 Å². The van der Waals surface area contributed by atoms with Gasteiger partial charge in [-0.25, -0.2) is 9.50 Å².